The summed E-state index contributed by atoms with van der Waals surface area (Å²) in [6.07, 6.45) is 0. The maximum atomic E-state index is 12.0. The van der Waals surface area contributed by atoms with Crippen LogP contribution in [0, 0.1) is 0 Å². The predicted octanol–water partition coefficient (Wildman–Crippen LogP) is 1.31. The van der Waals surface area contributed by atoms with Crippen molar-refractivity contribution in [3.05, 3.63) is 51.9 Å². The van der Waals surface area contributed by atoms with Crippen molar-refractivity contribution in [2.75, 3.05) is 45.8 Å². The Kier molecular flexibility index (Phi) is 5.67. The molecule has 3 rings (SSSR count). The van der Waals surface area contributed by atoms with Crippen molar-refractivity contribution in [1.82, 2.24) is 15.3 Å². The van der Waals surface area contributed by atoms with Gasteiger partial charge in [0.05, 0.1) is 19.4 Å². The zero-order valence-corrected chi connectivity index (χ0v) is 14.5. The van der Waals surface area contributed by atoms with E-state index in [1.807, 2.05) is 12.1 Å². The van der Waals surface area contributed by atoms with Crippen LogP contribution in [0.1, 0.15) is 23.1 Å². The first kappa shape index (κ1) is 17.4. The van der Waals surface area contributed by atoms with Crippen LogP contribution >= 0.6 is 0 Å². The first-order valence-electron chi connectivity index (χ1n) is 8.40. The van der Waals surface area contributed by atoms with Crippen molar-refractivity contribution in [3.8, 4) is 5.75 Å². The second kappa shape index (κ2) is 8.13. The van der Waals surface area contributed by atoms with Crippen LogP contribution < -0.4 is 20.9 Å². The molecule has 2 atom stereocenters. The standard InChI is InChI=1S/C18H24N4O3/c1-24-7-6-20-18-21-16(9-17(23)22-18)15-11-19-10-14(15)12-4-3-5-13(8-12)25-2/h3-5,8-9,14-15,19H,6-7,10-11H2,1-2H3,(H2,20,21,22,23)/t14-,15+/m0/s1. The highest BCUT2D eigenvalue weighted by molar-refractivity contribution is 5.35. The van der Waals surface area contributed by atoms with Crippen molar-refractivity contribution in [2.45, 2.75) is 11.8 Å². The molecule has 25 heavy (non-hydrogen) atoms. The third-order valence-electron chi connectivity index (χ3n) is 4.48. The number of hydrogen-bond donors (Lipinski definition) is 3. The minimum atomic E-state index is -0.152. The van der Waals surface area contributed by atoms with E-state index in [4.69, 9.17) is 9.47 Å². The Bertz CT molecular complexity index is 762. The zero-order chi connectivity index (χ0) is 17.6. The molecule has 0 saturated carbocycles. The third-order valence-corrected chi connectivity index (χ3v) is 4.48. The van der Waals surface area contributed by atoms with Crippen molar-refractivity contribution in [2.24, 2.45) is 0 Å². The highest BCUT2D eigenvalue weighted by Gasteiger charge is 2.31. The Morgan fingerprint density at radius 2 is 2.08 bits per heavy atom. The molecule has 2 aromatic rings. The van der Waals surface area contributed by atoms with Crippen molar-refractivity contribution in [1.29, 1.82) is 0 Å². The topological polar surface area (TPSA) is 88.3 Å². The number of aromatic amines is 1. The molecule has 7 heteroatoms. The number of nitrogens with one attached hydrogen (secondary N) is 3. The molecule has 3 N–H and O–H groups in total. The van der Waals surface area contributed by atoms with E-state index in [9.17, 15) is 4.79 Å². The summed E-state index contributed by atoms with van der Waals surface area (Å²) in [5.41, 5.74) is 1.83. The van der Waals surface area contributed by atoms with Crippen LogP contribution in [-0.2, 0) is 4.74 Å². The van der Waals surface area contributed by atoms with Crippen LogP contribution in [-0.4, -0.2) is 50.4 Å². The molecule has 1 aromatic carbocycles. The maximum Gasteiger partial charge on any atom is 0.252 e. The number of ether oxygens (including phenoxy) is 2. The van der Waals surface area contributed by atoms with Crippen LogP contribution in [0.4, 0.5) is 5.95 Å². The van der Waals surface area contributed by atoms with Crippen LogP contribution in [0.25, 0.3) is 0 Å². The van der Waals surface area contributed by atoms with Gasteiger partial charge in [-0.3, -0.25) is 9.78 Å². The van der Waals surface area contributed by atoms with Crippen LogP contribution in [0.15, 0.2) is 35.1 Å². The zero-order valence-electron chi connectivity index (χ0n) is 14.5. The first-order valence-corrected chi connectivity index (χ1v) is 8.40. The summed E-state index contributed by atoms with van der Waals surface area (Å²) < 4.78 is 10.4. The van der Waals surface area contributed by atoms with E-state index in [-0.39, 0.29) is 17.4 Å². The van der Waals surface area contributed by atoms with Crippen LogP contribution in [0.2, 0.25) is 0 Å². The lowest BCUT2D eigenvalue weighted by Crippen LogP contribution is -2.20. The molecule has 134 valence electrons. The van der Waals surface area contributed by atoms with Gasteiger partial charge in [-0.05, 0) is 17.7 Å². The molecule has 2 heterocycles. The van der Waals surface area contributed by atoms with E-state index in [0.29, 0.717) is 19.1 Å². The van der Waals surface area contributed by atoms with Gasteiger partial charge in [0.1, 0.15) is 5.75 Å². The predicted molar refractivity (Wildman–Crippen MR) is 96.6 cm³/mol. The van der Waals surface area contributed by atoms with Gasteiger partial charge < -0.3 is 20.1 Å². The van der Waals surface area contributed by atoms with Crippen molar-refractivity contribution >= 4 is 5.95 Å². The van der Waals surface area contributed by atoms with E-state index >= 15 is 0 Å². The van der Waals surface area contributed by atoms with E-state index in [1.165, 1.54) is 5.56 Å². The van der Waals surface area contributed by atoms with Crippen LogP contribution in [0.5, 0.6) is 5.75 Å². The Morgan fingerprint density at radius 3 is 2.88 bits per heavy atom. The summed E-state index contributed by atoms with van der Waals surface area (Å²) in [6, 6.07) is 9.66. The molecule has 7 nitrogen and oxygen atoms in total. The van der Waals surface area contributed by atoms with Gasteiger partial charge in [0.15, 0.2) is 0 Å². The van der Waals surface area contributed by atoms with E-state index in [1.54, 1.807) is 20.3 Å². The molecule has 0 aliphatic carbocycles. The molecule has 0 amide bonds. The third kappa shape index (κ3) is 4.18. The number of H-pyrrole nitrogens is 1. The fourth-order valence-electron chi connectivity index (χ4n) is 3.23. The highest BCUT2D eigenvalue weighted by Crippen LogP contribution is 2.35. The average Bonchev–Trinajstić information content (AvgIpc) is 3.11. The number of nitrogens with zero attached hydrogens (tertiary/aromatic N) is 1. The summed E-state index contributed by atoms with van der Waals surface area (Å²) in [5, 5.41) is 6.51. The molecule has 0 bridgehead atoms. The second-order valence-corrected chi connectivity index (χ2v) is 6.09. The Morgan fingerprint density at radius 1 is 1.24 bits per heavy atom. The molecule has 1 aromatic heterocycles. The minimum absolute atomic E-state index is 0.136. The average molecular weight is 344 g/mol. The lowest BCUT2D eigenvalue weighted by atomic mass is 9.86. The second-order valence-electron chi connectivity index (χ2n) is 6.09. The number of rotatable bonds is 7. The lowest BCUT2D eigenvalue weighted by molar-refractivity contribution is 0.210. The molecule has 1 fully saturated rings. The molecule has 0 unspecified atom stereocenters. The van der Waals surface area contributed by atoms with Gasteiger partial charge in [0.2, 0.25) is 5.95 Å². The number of aromatic nitrogens is 2. The largest absolute Gasteiger partial charge is 0.497 e. The smallest absolute Gasteiger partial charge is 0.252 e. The molecule has 1 aliphatic heterocycles. The van der Waals surface area contributed by atoms with E-state index < -0.39 is 0 Å². The summed E-state index contributed by atoms with van der Waals surface area (Å²) in [6.45, 7) is 2.77. The molecule has 1 saturated heterocycles. The number of hydrogen-bond acceptors (Lipinski definition) is 6. The number of anilines is 1. The quantitative estimate of drug-likeness (QED) is 0.657. The van der Waals surface area contributed by atoms with Gasteiger partial charge in [0, 0.05) is 44.6 Å². The van der Waals surface area contributed by atoms with Gasteiger partial charge in [-0.2, -0.15) is 0 Å². The molecule has 0 spiro atoms. The Labute approximate surface area is 146 Å². The fraction of sp³-hybridized carbons (Fsp3) is 0.444. The molecule has 0 radical (unpaired) electrons. The van der Waals surface area contributed by atoms with Gasteiger partial charge in [-0.15, -0.1) is 0 Å². The summed E-state index contributed by atoms with van der Waals surface area (Å²) >= 11 is 0. The lowest BCUT2D eigenvalue weighted by Gasteiger charge is -2.19. The monoisotopic (exact) mass is 344 g/mol. The highest BCUT2D eigenvalue weighted by atomic mass is 16.5. The summed E-state index contributed by atoms with van der Waals surface area (Å²) in [5.74, 6) is 1.70. The summed E-state index contributed by atoms with van der Waals surface area (Å²) in [7, 11) is 3.30. The van der Waals surface area contributed by atoms with Gasteiger partial charge >= 0.3 is 0 Å². The van der Waals surface area contributed by atoms with Crippen LogP contribution in [0.3, 0.4) is 0 Å². The van der Waals surface area contributed by atoms with Gasteiger partial charge in [-0.1, -0.05) is 12.1 Å². The van der Waals surface area contributed by atoms with Gasteiger partial charge in [0.25, 0.3) is 5.56 Å². The van der Waals surface area contributed by atoms with Crippen molar-refractivity contribution < 1.29 is 9.47 Å². The summed E-state index contributed by atoms with van der Waals surface area (Å²) in [4.78, 5) is 19.4. The molecular weight excluding hydrogens is 320 g/mol. The first-order chi connectivity index (χ1) is 12.2. The normalized spacial score (nSPS) is 19.8. The Hall–Kier alpha value is -2.38. The van der Waals surface area contributed by atoms with E-state index in [0.717, 1.165) is 24.5 Å². The van der Waals surface area contributed by atoms with Crippen molar-refractivity contribution in [3.63, 3.8) is 0 Å². The fourth-order valence-corrected chi connectivity index (χ4v) is 3.23. The minimum Gasteiger partial charge on any atom is -0.497 e. The van der Waals surface area contributed by atoms with Gasteiger partial charge in [-0.25, -0.2) is 4.98 Å². The SMILES string of the molecule is COCCNc1nc([C@@H]2CNC[C@H]2c2cccc(OC)c2)cc(=O)[nH]1. The molecular formula is C18H24N4O3. The van der Waals surface area contributed by atoms with E-state index in [2.05, 4.69) is 32.7 Å². The number of benzene rings is 1. The maximum absolute atomic E-state index is 12.0. The number of methoxy groups -OCH3 is 2. The molecule has 1 aliphatic rings. The Balaban J connectivity index is 1.85.